The number of amides is 1. The zero-order valence-corrected chi connectivity index (χ0v) is 15.3. The van der Waals surface area contributed by atoms with Gasteiger partial charge in [0.2, 0.25) is 5.91 Å². The van der Waals surface area contributed by atoms with Gasteiger partial charge in [-0.25, -0.2) is 4.79 Å². The van der Waals surface area contributed by atoms with Crippen LogP contribution in [0, 0.1) is 0 Å². The molecule has 0 aliphatic carbocycles. The number of aromatic nitrogens is 2. The molecule has 3 heterocycles. The molecule has 0 radical (unpaired) electrons. The van der Waals surface area contributed by atoms with E-state index in [-0.39, 0.29) is 30.5 Å². The summed E-state index contributed by atoms with van der Waals surface area (Å²) in [4.78, 5) is 27.4. The van der Waals surface area contributed by atoms with Crippen molar-refractivity contribution >= 4 is 29.3 Å². The fourth-order valence-corrected chi connectivity index (χ4v) is 4.14. The highest BCUT2D eigenvalue weighted by atomic mass is 35.5. The summed E-state index contributed by atoms with van der Waals surface area (Å²) in [5.41, 5.74) is 1.64. The van der Waals surface area contributed by atoms with Crippen molar-refractivity contribution in [3.63, 3.8) is 0 Å². The summed E-state index contributed by atoms with van der Waals surface area (Å²) in [7, 11) is 0. The lowest BCUT2D eigenvalue weighted by molar-refractivity contribution is -0.132. The lowest BCUT2D eigenvalue weighted by Gasteiger charge is -2.24. The summed E-state index contributed by atoms with van der Waals surface area (Å²) >= 11 is 0. The van der Waals surface area contributed by atoms with Crippen molar-refractivity contribution in [1.29, 1.82) is 0 Å². The van der Waals surface area contributed by atoms with Gasteiger partial charge in [0.1, 0.15) is 6.54 Å². The molecule has 1 N–H and O–H groups in total. The second kappa shape index (κ2) is 7.22. The van der Waals surface area contributed by atoms with E-state index in [0.717, 1.165) is 37.0 Å². The molecule has 1 aromatic carbocycles. The highest BCUT2D eigenvalue weighted by Crippen LogP contribution is 2.21. The maximum absolute atomic E-state index is 12.8. The van der Waals surface area contributed by atoms with E-state index in [4.69, 9.17) is 0 Å². The molecule has 1 aromatic heterocycles. The molecule has 25 heavy (non-hydrogen) atoms. The Balaban J connectivity index is 0.00000182. The molecular weight excluding hydrogens is 340 g/mol. The van der Waals surface area contributed by atoms with E-state index in [0.29, 0.717) is 18.6 Å². The van der Waals surface area contributed by atoms with Gasteiger partial charge in [0.25, 0.3) is 0 Å². The third-order valence-electron chi connectivity index (χ3n) is 5.41. The average molecular weight is 365 g/mol. The van der Waals surface area contributed by atoms with E-state index in [1.807, 2.05) is 36.1 Å². The number of carbonyl (C=O) groups is 1. The van der Waals surface area contributed by atoms with Crippen LogP contribution >= 0.6 is 12.4 Å². The van der Waals surface area contributed by atoms with Gasteiger partial charge in [-0.05, 0) is 38.3 Å². The predicted molar refractivity (Wildman–Crippen MR) is 100 cm³/mol. The number of likely N-dealkylation sites (tertiary alicyclic amines) is 1. The molecule has 4 rings (SSSR count). The monoisotopic (exact) mass is 364 g/mol. The Labute approximate surface area is 153 Å². The topological polar surface area (TPSA) is 59.3 Å². The summed E-state index contributed by atoms with van der Waals surface area (Å²) in [6.45, 7) is 4.24. The molecule has 2 saturated heterocycles. The van der Waals surface area contributed by atoms with E-state index < -0.39 is 0 Å². The van der Waals surface area contributed by atoms with Crippen LogP contribution in [0.3, 0.4) is 0 Å². The van der Waals surface area contributed by atoms with Crippen molar-refractivity contribution in [2.24, 2.45) is 0 Å². The number of nitrogens with one attached hydrogen (secondary N) is 1. The molecule has 0 spiro atoms. The van der Waals surface area contributed by atoms with Crippen LogP contribution in [0.1, 0.15) is 26.2 Å². The number of rotatable bonds is 3. The number of para-hydroxylation sites is 2. The van der Waals surface area contributed by atoms with Crippen molar-refractivity contribution in [2.45, 2.75) is 51.4 Å². The number of nitrogens with zero attached hydrogens (tertiary/aromatic N) is 3. The van der Waals surface area contributed by atoms with Gasteiger partial charge in [0.05, 0.1) is 11.0 Å². The Kier molecular flexibility index (Phi) is 5.20. The maximum Gasteiger partial charge on any atom is 0.329 e. The summed E-state index contributed by atoms with van der Waals surface area (Å²) in [5, 5.41) is 3.59. The smallest absolute Gasteiger partial charge is 0.329 e. The lowest BCUT2D eigenvalue weighted by Crippen LogP contribution is -2.41. The SMILES string of the molecule is CCn1c(=O)n(CC(=O)N2CCC3CCC(C2)N3)c2ccccc21.Cl. The molecule has 2 fully saturated rings. The van der Waals surface area contributed by atoms with Gasteiger partial charge in [-0.1, -0.05) is 12.1 Å². The van der Waals surface area contributed by atoms with Crippen molar-refractivity contribution in [3.8, 4) is 0 Å². The van der Waals surface area contributed by atoms with E-state index in [1.54, 1.807) is 9.13 Å². The Morgan fingerprint density at radius 2 is 1.80 bits per heavy atom. The number of halogens is 1. The summed E-state index contributed by atoms with van der Waals surface area (Å²) in [5.74, 6) is 0.0467. The predicted octanol–water partition coefficient (Wildman–Crippen LogP) is 1.60. The maximum atomic E-state index is 12.8. The molecule has 136 valence electrons. The van der Waals surface area contributed by atoms with Crippen LogP contribution in [0.2, 0.25) is 0 Å². The normalized spacial score (nSPS) is 22.7. The minimum atomic E-state index is -0.0958. The van der Waals surface area contributed by atoms with Crippen LogP contribution in [0.5, 0.6) is 0 Å². The van der Waals surface area contributed by atoms with Gasteiger partial charge in [-0.3, -0.25) is 13.9 Å². The van der Waals surface area contributed by atoms with Crippen molar-refractivity contribution in [1.82, 2.24) is 19.4 Å². The number of benzene rings is 1. The van der Waals surface area contributed by atoms with Gasteiger partial charge in [0.15, 0.2) is 0 Å². The van der Waals surface area contributed by atoms with E-state index in [2.05, 4.69) is 5.32 Å². The third kappa shape index (κ3) is 3.20. The van der Waals surface area contributed by atoms with Crippen LogP contribution in [-0.4, -0.2) is 45.1 Å². The Morgan fingerprint density at radius 3 is 2.52 bits per heavy atom. The van der Waals surface area contributed by atoms with Gasteiger partial charge in [-0.15, -0.1) is 12.4 Å². The second-order valence-electron chi connectivity index (χ2n) is 6.87. The first-order valence-electron chi connectivity index (χ1n) is 8.89. The number of hydrogen-bond donors (Lipinski definition) is 1. The first kappa shape index (κ1) is 18.0. The van der Waals surface area contributed by atoms with Crippen LogP contribution in [0.25, 0.3) is 11.0 Å². The fourth-order valence-electron chi connectivity index (χ4n) is 4.14. The molecule has 2 aliphatic rings. The molecule has 0 saturated carbocycles. The standard InChI is InChI=1S/C18H24N4O2.ClH/c1-2-21-15-5-3-4-6-16(15)22(18(21)24)12-17(23)20-10-9-13-7-8-14(11-20)19-13;/h3-6,13-14,19H,2,7-12H2,1H3;1H. The van der Waals surface area contributed by atoms with Crippen molar-refractivity contribution in [3.05, 3.63) is 34.7 Å². The summed E-state index contributed by atoms with van der Waals surface area (Å²) < 4.78 is 3.35. The van der Waals surface area contributed by atoms with Crippen LogP contribution in [0.15, 0.2) is 29.1 Å². The van der Waals surface area contributed by atoms with E-state index >= 15 is 0 Å². The number of imidazole rings is 1. The molecular formula is C18H25ClN4O2. The highest BCUT2D eigenvalue weighted by Gasteiger charge is 2.31. The van der Waals surface area contributed by atoms with Crippen LogP contribution in [-0.2, 0) is 17.9 Å². The van der Waals surface area contributed by atoms with Crippen molar-refractivity contribution < 1.29 is 4.79 Å². The third-order valence-corrected chi connectivity index (χ3v) is 5.41. The van der Waals surface area contributed by atoms with Gasteiger partial charge in [0, 0.05) is 31.7 Å². The highest BCUT2D eigenvalue weighted by molar-refractivity contribution is 5.85. The number of aryl methyl sites for hydroxylation is 1. The lowest BCUT2D eigenvalue weighted by atomic mass is 10.1. The van der Waals surface area contributed by atoms with Gasteiger partial charge in [-0.2, -0.15) is 0 Å². The zero-order chi connectivity index (χ0) is 16.7. The number of carbonyl (C=O) groups excluding carboxylic acids is 1. The van der Waals surface area contributed by atoms with Gasteiger partial charge < -0.3 is 10.2 Å². The first-order valence-corrected chi connectivity index (χ1v) is 8.89. The Bertz CT molecular complexity index is 828. The van der Waals surface area contributed by atoms with E-state index in [9.17, 15) is 9.59 Å². The molecule has 2 aliphatic heterocycles. The minimum Gasteiger partial charge on any atom is -0.340 e. The zero-order valence-electron chi connectivity index (χ0n) is 14.5. The number of fused-ring (bicyclic) bond motifs is 3. The molecule has 1 amide bonds. The van der Waals surface area contributed by atoms with Crippen LogP contribution < -0.4 is 11.0 Å². The molecule has 2 unspecified atom stereocenters. The van der Waals surface area contributed by atoms with E-state index in [1.165, 1.54) is 6.42 Å². The molecule has 6 nitrogen and oxygen atoms in total. The second-order valence-corrected chi connectivity index (χ2v) is 6.87. The number of hydrogen-bond acceptors (Lipinski definition) is 3. The molecule has 7 heteroatoms. The molecule has 2 aromatic rings. The summed E-state index contributed by atoms with van der Waals surface area (Å²) in [6, 6.07) is 8.67. The molecule has 2 atom stereocenters. The van der Waals surface area contributed by atoms with Gasteiger partial charge >= 0.3 is 5.69 Å². The summed E-state index contributed by atoms with van der Waals surface area (Å²) in [6.07, 6.45) is 3.37. The van der Waals surface area contributed by atoms with Crippen LogP contribution in [0.4, 0.5) is 0 Å². The first-order chi connectivity index (χ1) is 11.7. The van der Waals surface area contributed by atoms with Crippen molar-refractivity contribution in [2.75, 3.05) is 13.1 Å². The average Bonchev–Trinajstić information content (AvgIpc) is 3.04. The largest absolute Gasteiger partial charge is 0.340 e. The molecule has 2 bridgehead atoms. The fraction of sp³-hybridized carbons (Fsp3) is 0.556. The Morgan fingerprint density at radius 1 is 1.12 bits per heavy atom. The Hall–Kier alpha value is -1.79. The minimum absolute atomic E-state index is 0. The quantitative estimate of drug-likeness (QED) is 0.900.